The SMILES string of the molecule is CCOc1ccc(-c2nc(Cn3ccnn3)co2)cc1. The van der Waals surface area contributed by atoms with E-state index in [1.165, 1.54) is 0 Å². The third kappa shape index (κ3) is 2.69. The summed E-state index contributed by atoms with van der Waals surface area (Å²) in [5.74, 6) is 1.42. The summed E-state index contributed by atoms with van der Waals surface area (Å²) in [5.41, 5.74) is 1.72. The number of oxazole rings is 1. The molecule has 2 heterocycles. The predicted octanol–water partition coefficient (Wildman–Crippen LogP) is 2.38. The predicted molar refractivity (Wildman–Crippen MR) is 72.2 cm³/mol. The standard InChI is InChI=1S/C14H14N4O2/c1-2-19-13-5-3-11(4-6-13)14-16-12(10-20-14)9-18-8-7-15-17-18/h3-8,10H,2,9H2,1H3. The molecule has 0 aliphatic rings. The highest BCUT2D eigenvalue weighted by atomic mass is 16.5. The number of hydrogen-bond acceptors (Lipinski definition) is 5. The molecule has 102 valence electrons. The van der Waals surface area contributed by atoms with Crippen molar-refractivity contribution in [3.8, 4) is 17.2 Å². The van der Waals surface area contributed by atoms with Crippen molar-refractivity contribution in [2.75, 3.05) is 6.61 Å². The van der Waals surface area contributed by atoms with E-state index < -0.39 is 0 Å². The topological polar surface area (TPSA) is 66.0 Å². The van der Waals surface area contributed by atoms with E-state index >= 15 is 0 Å². The smallest absolute Gasteiger partial charge is 0.226 e. The van der Waals surface area contributed by atoms with Crippen molar-refractivity contribution in [1.82, 2.24) is 20.0 Å². The van der Waals surface area contributed by atoms with Crippen LogP contribution in [0, 0.1) is 0 Å². The van der Waals surface area contributed by atoms with E-state index in [2.05, 4.69) is 15.3 Å². The molecule has 3 aromatic rings. The van der Waals surface area contributed by atoms with Crippen molar-refractivity contribution >= 4 is 0 Å². The molecule has 3 rings (SSSR count). The Morgan fingerprint density at radius 2 is 2.10 bits per heavy atom. The van der Waals surface area contributed by atoms with Crippen LogP contribution in [0.15, 0.2) is 47.3 Å². The molecule has 0 saturated carbocycles. The van der Waals surface area contributed by atoms with Crippen LogP contribution in [0.4, 0.5) is 0 Å². The Morgan fingerprint density at radius 1 is 1.25 bits per heavy atom. The van der Waals surface area contributed by atoms with Crippen molar-refractivity contribution < 1.29 is 9.15 Å². The summed E-state index contributed by atoms with van der Waals surface area (Å²) in [4.78, 5) is 4.43. The van der Waals surface area contributed by atoms with E-state index in [4.69, 9.17) is 9.15 Å². The highest BCUT2D eigenvalue weighted by molar-refractivity contribution is 5.54. The van der Waals surface area contributed by atoms with Crippen molar-refractivity contribution in [2.24, 2.45) is 0 Å². The Balaban J connectivity index is 1.75. The molecule has 2 aromatic heterocycles. The maximum Gasteiger partial charge on any atom is 0.226 e. The van der Waals surface area contributed by atoms with Gasteiger partial charge in [-0.3, -0.25) is 0 Å². The molecule has 0 bridgehead atoms. The lowest BCUT2D eigenvalue weighted by Crippen LogP contribution is -2.00. The third-order valence-corrected chi connectivity index (χ3v) is 2.76. The number of nitrogens with zero attached hydrogens (tertiary/aromatic N) is 4. The number of benzene rings is 1. The molecule has 0 unspecified atom stereocenters. The van der Waals surface area contributed by atoms with Crippen LogP contribution in [-0.4, -0.2) is 26.6 Å². The fourth-order valence-corrected chi connectivity index (χ4v) is 1.86. The van der Waals surface area contributed by atoms with Gasteiger partial charge in [0.2, 0.25) is 5.89 Å². The van der Waals surface area contributed by atoms with E-state index in [9.17, 15) is 0 Å². The van der Waals surface area contributed by atoms with Crippen LogP contribution in [-0.2, 0) is 6.54 Å². The van der Waals surface area contributed by atoms with Gasteiger partial charge in [0.15, 0.2) is 0 Å². The molecule has 6 heteroatoms. The van der Waals surface area contributed by atoms with Gasteiger partial charge in [0, 0.05) is 11.8 Å². The maximum absolute atomic E-state index is 5.49. The normalized spacial score (nSPS) is 10.7. The highest BCUT2D eigenvalue weighted by Gasteiger charge is 2.07. The summed E-state index contributed by atoms with van der Waals surface area (Å²) in [6.07, 6.45) is 5.05. The lowest BCUT2D eigenvalue weighted by molar-refractivity contribution is 0.340. The van der Waals surface area contributed by atoms with Gasteiger partial charge in [0.1, 0.15) is 17.7 Å². The van der Waals surface area contributed by atoms with Gasteiger partial charge in [-0.25, -0.2) is 9.67 Å². The first kappa shape index (κ1) is 12.4. The van der Waals surface area contributed by atoms with E-state index in [1.54, 1.807) is 23.3 Å². The summed E-state index contributed by atoms with van der Waals surface area (Å²) in [5, 5.41) is 7.65. The summed E-state index contributed by atoms with van der Waals surface area (Å²) in [6, 6.07) is 7.66. The number of rotatable bonds is 5. The van der Waals surface area contributed by atoms with Crippen LogP contribution in [0.1, 0.15) is 12.6 Å². The quantitative estimate of drug-likeness (QED) is 0.712. The van der Waals surface area contributed by atoms with Gasteiger partial charge in [-0.1, -0.05) is 5.21 Å². The molecular formula is C14H14N4O2. The zero-order valence-electron chi connectivity index (χ0n) is 11.1. The van der Waals surface area contributed by atoms with Gasteiger partial charge in [-0.15, -0.1) is 5.10 Å². The number of ether oxygens (including phenoxy) is 1. The van der Waals surface area contributed by atoms with Crippen LogP contribution in [0.25, 0.3) is 11.5 Å². The molecule has 0 fully saturated rings. The van der Waals surface area contributed by atoms with Crippen LogP contribution in [0.2, 0.25) is 0 Å². The van der Waals surface area contributed by atoms with E-state index in [1.807, 2.05) is 31.2 Å². The molecule has 6 nitrogen and oxygen atoms in total. The second kappa shape index (κ2) is 5.56. The van der Waals surface area contributed by atoms with Crippen molar-refractivity contribution in [3.05, 3.63) is 48.6 Å². The molecule has 0 radical (unpaired) electrons. The maximum atomic E-state index is 5.49. The molecule has 0 atom stereocenters. The van der Waals surface area contributed by atoms with Crippen LogP contribution >= 0.6 is 0 Å². The average Bonchev–Trinajstić information content (AvgIpc) is 3.12. The van der Waals surface area contributed by atoms with Crippen LogP contribution < -0.4 is 4.74 Å². The second-order valence-electron chi connectivity index (χ2n) is 4.20. The molecular weight excluding hydrogens is 256 g/mol. The Labute approximate surface area is 116 Å². The van der Waals surface area contributed by atoms with Gasteiger partial charge in [0.05, 0.1) is 19.3 Å². The lowest BCUT2D eigenvalue weighted by Gasteiger charge is -2.02. The highest BCUT2D eigenvalue weighted by Crippen LogP contribution is 2.22. The molecule has 0 N–H and O–H groups in total. The Bertz CT molecular complexity index is 659. The first-order valence-corrected chi connectivity index (χ1v) is 6.37. The third-order valence-electron chi connectivity index (χ3n) is 2.76. The van der Waals surface area contributed by atoms with E-state index in [0.717, 1.165) is 17.0 Å². The summed E-state index contributed by atoms with van der Waals surface area (Å²) in [7, 11) is 0. The molecule has 0 saturated heterocycles. The summed E-state index contributed by atoms with van der Waals surface area (Å²) >= 11 is 0. The van der Waals surface area contributed by atoms with Gasteiger partial charge in [0.25, 0.3) is 0 Å². The van der Waals surface area contributed by atoms with Gasteiger partial charge >= 0.3 is 0 Å². The molecule has 0 spiro atoms. The Morgan fingerprint density at radius 3 is 2.80 bits per heavy atom. The monoisotopic (exact) mass is 270 g/mol. The van der Waals surface area contributed by atoms with Crippen molar-refractivity contribution in [3.63, 3.8) is 0 Å². The van der Waals surface area contributed by atoms with Gasteiger partial charge in [-0.2, -0.15) is 0 Å². The van der Waals surface area contributed by atoms with Crippen LogP contribution in [0.5, 0.6) is 5.75 Å². The minimum absolute atomic E-state index is 0.542. The summed E-state index contributed by atoms with van der Waals surface area (Å²) in [6.45, 7) is 3.15. The molecule has 0 aliphatic heterocycles. The average molecular weight is 270 g/mol. The Kier molecular flexibility index (Phi) is 3.45. The van der Waals surface area contributed by atoms with Crippen molar-refractivity contribution in [2.45, 2.75) is 13.5 Å². The largest absolute Gasteiger partial charge is 0.494 e. The number of aromatic nitrogens is 4. The minimum Gasteiger partial charge on any atom is -0.494 e. The molecule has 1 aromatic carbocycles. The fourth-order valence-electron chi connectivity index (χ4n) is 1.86. The Hall–Kier alpha value is -2.63. The minimum atomic E-state index is 0.542. The van der Waals surface area contributed by atoms with E-state index in [0.29, 0.717) is 19.0 Å². The zero-order chi connectivity index (χ0) is 13.8. The van der Waals surface area contributed by atoms with Crippen LogP contribution in [0.3, 0.4) is 0 Å². The van der Waals surface area contributed by atoms with Gasteiger partial charge < -0.3 is 9.15 Å². The first-order valence-electron chi connectivity index (χ1n) is 6.37. The zero-order valence-corrected chi connectivity index (χ0v) is 11.1. The summed E-state index contributed by atoms with van der Waals surface area (Å²) < 4.78 is 12.6. The second-order valence-corrected chi connectivity index (χ2v) is 4.20. The van der Waals surface area contributed by atoms with E-state index in [-0.39, 0.29) is 0 Å². The lowest BCUT2D eigenvalue weighted by atomic mass is 10.2. The fraction of sp³-hybridized carbons (Fsp3) is 0.214. The molecule has 0 amide bonds. The molecule has 20 heavy (non-hydrogen) atoms. The molecule has 0 aliphatic carbocycles. The number of hydrogen-bond donors (Lipinski definition) is 0. The van der Waals surface area contributed by atoms with Crippen molar-refractivity contribution in [1.29, 1.82) is 0 Å². The van der Waals surface area contributed by atoms with Gasteiger partial charge in [-0.05, 0) is 31.2 Å². The first-order chi connectivity index (χ1) is 9.85.